The molecule has 0 aliphatic carbocycles. The summed E-state index contributed by atoms with van der Waals surface area (Å²) in [5.41, 5.74) is 1.39. The molecular weight excluding hydrogens is 219 g/mol. The van der Waals surface area contributed by atoms with Crippen molar-refractivity contribution >= 4 is 5.95 Å². The molecule has 0 saturated heterocycles. The monoisotopic (exact) mass is 233 g/mol. The van der Waals surface area contributed by atoms with Crippen LogP contribution in [0, 0.1) is 6.92 Å². The van der Waals surface area contributed by atoms with Crippen LogP contribution in [0.3, 0.4) is 0 Å². The summed E-state index contributed by atoms with van der Waals surface area (Å²) in [5, 5.41) is 2.17. The maximum Gasteiger partial charge on any atom is 0.405 e. The summed E-state index contributed by atoms with van der Waals surface area (Å²) in [5.74, 6) is 0.189. The Morgan fingerprint density at radius 1 is 1.31 bits per heavy atom. The minimum Gasteiger partial charge on any atom is -0.345 e. The van der Waals surface area contributed by atoms with Gasteiger partial charge in [-0.05, 0) is 18.9 Å². The highest BCUT2D eigenvalue weighted by Crippen LogP contribution is 2.17. The minimum absolute atomic E-state index is 0.0287. The molecule has 0 radical (unpaired) electrons. The fourth-order valence-corrected chi connectivity index (χ4v) is 1.15. The number of alkyl halides is 3. The van der Waals surface area contributed by atoms with Crippen molar-refractivity contribution in [2.45, 2.75) is 32.9 Å². The van der Waals surface area contributed by atoms with Gasteiger partial charge in [0.1, 0.15) is 6.54 Å². The molecule has 0 fully saturated rings. The maximum atomic E-state index is 12.0. The molecule has 0 unspecified atom stereocenters. The molecule has 16 heavy (non-hydrogen) atoms. The van der Waals surface area contributed by atoms with Gasteiger partial charge in [-0.2, -0.15) is 13.2 Å². The van der Waals surface area contributed by atoms with Crippen LogP contribution in [0.25, 0.3) is 0 Å². The van der Waals surface area contributed by atoms with E-state index >= 15 is 0 Å². The van der Waals surface area contributed by atoms with E-state index in [0.29, 0.717) is 5.69 Å². The molecule has 0 amide bonds. The van der Waals surface area contributed by atoms with Gasteiger partial charge in [-0.3, -0.25) is 0 Å². The molecule has 6 heteroatoms. The molecule has 1 aromatic rings. The van der Waals surface area contributed by atoms with E-state index in [0.717, 1.165) is 5.69 Å². The van der Waals surface area contributed by atoms with E-state index < -0.39 is 12.7 Å². The first-order chi connectivity index (χ1) is 7.28. The van der Waals surface area contributed by atoms with Gasteiger partial charge in [0.25, 0.3) is 0 Å². The molecular formula is C10H14F3N3. The molecule has 3 nitrogen and oxygen atoms in total. The molecule has 0 atom stereocenters. The molecule has 0 aromatic carbocycles. The fraction of sp³-hybridized carbons (Fsp3) is 0.600. The Hall–Kier alpha value is -1.33. The number of anilines is 1. The van der Waals surface area contributed by atoms with Crippen LogP contribution in [0.1, 0.15) is 31.2 Å². The summed E-state index contributed by atoms with van der Waals surface area (Å²) in [6.45, 7) is 4.46. The standard InChI is InChI=1S/C10H14F3N3/c1-6(2)8-4-7(3)15-9(16-8)14-5-10(11,12)13/h4,6H,5H2,1-3H3,(H,14,15,16). The van der Waals surface area contributed by atoms with E-state index in [4.69, 9.17) is 0 Å². The first-order valence-corrected chi connectivity index (χ1v) is 4.94. The van der Waals surface area contributed by atoms with Crippen LogP contribution in [0.4, 0.5) is 19.1 Å². The molecule has 1 aromatic heterocycles. The largest absolute Gasteiger partial charge is 0.405 e. The predicted octanol–water partition coefficient (Wildman–Crippen LogP) is 2.88. The van der Waals surface area contributed by atoms with Gasteiger partial charge in [-0.25, -0.2) is 9.97 Å². The highest BCUT2D eigenvalue weighted by Gasteiger charge is 2.27. The molecule has 0 aliphatic rings. The Morgan fingerprint density at radius 3 is 2.44 bits per heavy atom. The lowest BCUT2D eigenvalue weighted by molar-refractivity contribution is -0.115. The lowest BCUT2D eigenvalue weighted by Crippen LogP contribution is -2.22. The highest BCUT2D eigenvalue weighted by atomic mass is 19.4. The zero-order valence-electron chi connectivity index (χ0n) is 9.39. The van der Waals surface area contributed by atoms with Crippen LogP contribution in [0.5, 0.6) is 0 Å². The third kappa shape index (κ3) is 4.04. The summed E-state index contributed by atoms with van der Waals surface area (Å²) in [4.78, 5) is 7.91. The predicted molar refractivity (Wildman–Crippen MR) is 55.4 cm³/mol. The molecule has 0 saturated carbocycles. The lowest BCUT2D eigenvalue weighted by Gasteiger charge is -2.11. The van der Waals surface area contributed by atoms with Crippen LogP contribution in [-0.4, -0.2) is 22.7 Å². The van der Waals surface area contributed by atoms with Crippen molar-refractivity contribution in [3.05, 3.63) is 17.5 Å². The lowest BCUT2D eigenvalue weighted by atomic mass is 10.1. The molecule has 0 bridgehead atoms. The first kappa shape index (κ1) is 12.7. The third-order valence-corrected chi connectivity index (χ3v) is 1.91. The second-order valence-corrected chi connectivity index (χ2v) is 3.88. The molecule has 1 heterocycles. The summed E-state index contributed by atoms with van der Waals surface area (Å²) in [6, 6.07) is 1.77. The Kier molecular flexibility index (Phi) is 3.72. The van der Waals surface area contributed by atoms with E-state index in [9.17, 15) is 13.2 Å². The van der Waals surface area contributed by atoms with Crippen LogP contribution >= 0.6 is 0 Å². The molecule has 0 aliphatic heterocycles. The van der Waals surface area contributed by atoms with Gasteiger partial charge in [-0.15, -0.1) is 0 Å². The van der Waals surface area contributed by atoms with Crippen molar-refractivity contribution in [1.29, 1.82) is 0 Å². The number of rotatable bonds is 3. The Labute approximate surface area is 92.1 Å². The number of hydrogen-bond donors (Lipinski definition) is 1. The summed E-state index contributed by atoms with van der Waals surface area (Å²) >= 11 is 0. The average molecular weight is 233 g/mol. The quantitative estimate of drug-likeness (QED) is 0.872. The zero-order chi connectivity index (χ0) is 12.3. The molecule has 1 N–H and O–H groups in total. The van der Waals surface area contributed by atoms with Crippen LogP contribution < -0.4 is 5.32 Å². The van der Waals surface area contributed by atoms with Gasteiger partial charge in [0.15, 0.2) is 0 Å². The van der Waals surface area contributed by atoms with Crippen LogP contribution in [0.2, 0.25) is 0 Å². The van der Waals surface area contributed by atoms with Gasteiger partial charge in [0, 0.05) is 11.4 Å². The van der Waals surface area contributed by atoms with E-state index in [1.54, 1.807) is 13.0 Å². The molecule has 0 spiro atoms. The Bertz CT molecular complexity index is 361. The topological polar surface area (TPSA) is 37.8 Å². The second-order valence-electron chi connectivity index (χ2n) is 3.88. The number of nitrogens with one attached hydrogen (secondary N) is 1. The van der Waals surface area contributed by atoms with E-state index in [1.165, 1.54) is 0 Å². The summed E-state index contributed by atoms with van der Waals surface area (Å²) in [6.07, 6.45) is -4.26. The average Bonchev–Trinajstić information content (AvgIpc) is 2.13. The number of hydrogen-bond acceptors (Lipinski definition) is 3. The van der Waals surface area contributed by atoms with Gasteiger partial charge in [0.2, 0.25) is 5.95 Å². The Balaban J connectivity index is 2.81. The fourth-order valence-electron chi connectivity index (χ4n) is 1.15. The van der Waals surface area contributed by atoms with Gasteiger partial charge in [-0.1, -0.05) is 13.8 Å². The van der Waals surface area contributed by atoms with Crippen molar-refractivity contribution in [2.24, 2.45) is 0 Å². The number of nitrogens with zero attached hydrogens (tertiary/aromatic N) is 2. The molecule has 1 rings (SSSR count). The highest BCUT2D eigenvalue weighted by molar-refractivity contribution is 5.29. The smallest absolute Gasteiger partial charge is 0.345 e. The minimum atomic E-state index is -4.26. The van der Waals surface area contributed by atoms with E-state index in [1.807, 2.05) is 13.8 Å². The van der Waals surface area contributed by atoms with E-state index in [-0.39, 0.29) is 11.9 Å². The molecule has 90 valence electrons. The first-order valence-electron chi connectivity index (χ1n) is 4.94. The van der Waals surface area contributed by atoms with Crippen molar-refractivity contribution < 1.29 is 13.2 Å². The van der Waals surface area contributed by atoms with Crippen molar-refractivity contribution in [3.8, 4) is 0 Å². The van der Waals surface area contributed by atoms with Gasteiger partial charge in [0.05, 0.1) is 0 Å². The number of halogens is 3. The van der Waals surface area contributed by atoms with Crippen molar-refractivity contribution in [3.63, 3.8) is 0 Å². The maximum absolute atomic E-state index is 12.0. The van der Waals surface area contributed by atoms with E-state index in [2.05, 4.69) is 15.3 Å². The number of aryl methyl sites for hydroxylation is 1. The van der Waals surface area contributed by atoms with Crippen molar-refractivity contribution in [2.75, 3.05) is 11.9 Å². The zero-order valence-corrected chi connectivity index (χ0v) is 9.39. The van der Waals surface area contributed by atoms with Crippen LogP contribution in [-0.2, 0) is 0 Å². The van der Waals surface area contributed by atoms with Gasteiger partial charge < -0.3 is 5.32 Å². The second kappa shape index (κ2) is 4.67. The van der Waals surface area contributed by atoms with Crippen LogP contribution in [0.15, 0.2) is 6.07 Å². The van der Waals surface area contributed by atoms with Gasteiger partial charge >= 0.3 is 6.18 Å². The third-order valence-electron chi connectivity index (χ3n) is 1.91. The summed E-state index contributed by atoms with van der Waals surface area (Å²) < 4.78 is 35.9. The Morgan fingerprint density at radius 2 is 1.94 bits per heavy atom. The SMILES string of the molecule is Cc1cc(C(C)C)nc(NCC(F)(F)F)n1. The van der Waals surface area contributed by atoms with Crippen molar-refractivity contribution in [1.82, 2.24) is 9.97 Å². The summed E-state index contributed by atoms with van der Waals surface area (Å²) in [7, 11) is 0. The normalized spacial score (nSPS) is 11.9. The number of aromatic nitrogens is 2.